The third-order valence-electron chi connectivity index (χ3n) is 3.47. The molecule has 1 atom stereocenters. The fraction of sp³-hybridized carbons (Fsp3) is 0.294. The van der Waals surface area contributed by atoms with Crippen molar-refractivity contribution in [2.24, 2.45) is 0 Å². The van der Waals surface area contributed by atoms with Crippen molar-refractivity contribution in [2.75, 3.05) is 0 Å². The lowest BCUT2D eigenvalue weighted by Crippen LogP contribution is -2.18. The Balaban J connectivity index is 2.00. The minimum atomic E-state index is 0.0707. The average molecular weight is 271 g/mol. The fourth-order valence-electron chi connectivity index (χ4n) is 2.16. The molecular formula is C17H21NO2. The molecule has 2 rings (SSSR count). The van der Waals surface area contributed by atoms with E-state index in [4.69, 9.17) is 5.11 Å². The molecule has 0 spiro atoms. The number of phenols is 1. The summed E-state index contributed by atoms with van der Waals surface area (Å²) in [5.41, 5.74) is 4.12. The summed E-state index contributed by atoms with van der Waals surface area (Å²) in [5.74, 6) is 0.325. The molecule has 0 saturated heterocycles. The molecule has 0 heterocycles. The number of rotatable bonds is 5. The van der Waals surface area contributed by atoms with Crippen LogP contribution < -0.4 is 5.32 Å². The van der Waals surface area contributed by atoms with Gasteiger partial charge in [0.15, 0.2) is 0 Å². The van der Waals surface area contributed by atoms with Crippen LogP contribution in [-0.4, -0.2) is 10.2 Å². The number of aromatic hydroxyl groups is 1. The molecule has 20 heavy (non-hydrogen) atoms. The van der Waals surface area contributed by atoms with E-state index in [9.17, 15) is 5.11 Å². The third kappa shape index (κ3) is 3.59. The van der Waals surface area contributed by atoms with Gasteiger partial charge in [-0.15, -0.1) is 0 Å². The number of aryl methyl sites for hydroxylation is 1. The zero-order valence-corrected chi connectivity index (χ0v) is 11.9. The molecular weight excluding hydrogens is 250 g/mol. The van der Waals surface area contributed by atoms with Gasteiger partial charge in [0, 0.05) is 18.2 Å². The van der Waals surface area contributed by atoms with Crippen LogP contribution in [0.2, 0.25) is 0 Å². The molecule has 0 amide bonds. The van der Waals surface area contributed by atoms with Crippen molar-refractivity contribution < 1.29 is 10.2 Å². The van der Waals surface area contributed by atoms with Gasteiger partial charge in [-0.2, -0.15) is 0 Å². The normalized spacial score (nSPS) is 12.3. The van der Waals surface area contributed by atoms with E-state index in [1.54, 1.807) is 6.07 Å². The Kier molecular flexibility index (Phi) is 4.77. The van der Waals surface area contributed by atoms with Gasteiger partial charge in [-0.25, -0.2) is 0 Å². The molecule has 0 aliphatic heterocycles. The van der Waals surface area contributed by atoms with Crippen molar-refractivity contribution in [1.29, 1.82) is 0 Å². The topological polar surface area (TPSA) is 52.5 Å². The van der Waals surface area contributed by atoms with Gasteiger partial charge in [0.05, 0.1) is 6.61 Å². The molecule has 0 aliphatic carbocycles. The Morgan fingerprint density at radius 2 is 1.70 bits per heavy atom. The van der Waals surface area contributed by atoms with E-state index < -0.39 is 0 Å². The number of aliphatic hydroxyl groups excluding tert-OH is 1. The molecule has 2 aromatic carbocycles. The van der Waals surface area contributed by atoms with E-state index in [1.807, 2.05) is 50.2 Å². The SMILES string of the molecule is Cc1ccc(O)c(C(C)NCc2ccc(CO)cc2)c1. The van der Waals surface area contributed by atoms with Crippen LogP contribution in [0.25, 0.3) is 0 Å². The largest absolute Gasteiger partial charge is 0.508 e. The van der Waals surface area contributed by atoms with Gasteiger partial charge in [0.1, 0.15) is 5.75 Å². The maximum atomic E-state index is 9.90. The van der Waals surface area contributed by atoms with Crippen molar-refractivity contribution in [3.8, 4) is 5.75 Å². The second kappa shape index (κ2) is 6.55. The van der Waals surface area contributed by atoms with Crippen molar-refractivity contribution >= 4 is 0 Å². The maximum absolute atomic E-state index is 9.90. The predicted octanol–water partition coefficient (Wildman–Crippen LogP) is 3.04. The van der Waals surface area contributed by atoms with Crippen LogP contribution in [0.15, 0.2) is 42.5 Å². The maximum Gasteiger partial charge on any atom is 0.120 e. The highest BCUT2D eigenvalue weighted by Gasteiger charge is 2.10. The number of aliphatic hydroxyl groups is 1. The summed E-state index contributed by atoms with van der Waals surface area (Å²) in [6.07, 6.45) is 0. The van der Waals surface area contributed by atoms with Gasteiger partial charge in [-0.05, 0) is 31.0 Å². The van der Waals surface area contributed by atoms with Crippen LogP contribution in [0.4, 0.5) is 0 Å². The smallest absolute Gasteiger partial charge is 0.120 e. The van der Waals surface area contributed by atoms with Gasteiger partial charge >= 0.3 is 0 Å². The molecule has 2 aromatic rings. The van der Waals surface area contributed by atoms with Crippen molar-refractivity contribution in [3.63, 3.8) is 0 Å². The molecule has 0 aromatic heterocycles. The van der Waals surface area contributed by atoms with Crippen molar-refractivity contribution in [1.82, 2.24) is 5.32 Å². The Morgan fingerprint density at radius 3 is 2.35 bits per heavy atom. The monoisotopic (exact) mass is 271 g/mol. The molecule has 0 fully saturated rings. The van der Waals surface area contributed by atoms with Crippen LogP contribution in [0, 0.1) is 6.92 Å². The summed E-state index contributed by atoms with van der Waals surface area (Å²) in [4.78, 5) is 0. The molecule has 0 radical (unpaired) electrons. The molecule has 0 saturated carbocycles. The van der Waals surface area contributed by atoms with Crippen LogP contribution >= 0.6 is 0 Å². The Morgan fingerprint density at radius 1 is 1.05 bits per heavy atom. The Hall–Kier alpha value is -1.84. The van der Waals surface area contributed by atoms with E-state index in [1.165, 1.54) is 0 Å². The first-order valence-corrected chi connectivity index (χ1v) is 6.81. The van der Waals surface area contributed by atoms with Crippen LogP contribution in [0.5, 0.6) is 5.75 Å². The lowest BCUT2D eigenvalue weighted by molar-refractivity contribution is 0.282. The minimum absolute atomic E-state index is 0.0707. The van der Waals surface area contributed by atoms with E-state index in [-0.39, 0.29) is 12.6 Å². The molecule has 3 heteroatoms. The Labute approximate surface area is 119 Å². The number of hydrogen-bond acceptors (Lipinski definition) is 3. The van der Waals surface area contributed by atoms with Crippen LogP contribution in [-0.2, 0) is 13.2 Å². The van der Waals surface area contributed by atoms with E-state index in [2.05, 4.69) is 5.32 Å². The van der Waals surface area contributed by atoms with Gasteiger partial charge < -0.3 is 15.5 Å². The highest BCUT2D eigenvalue weighted by atomic mass is 16.3. The number of hydrogen-bond donors (Lipinski definition) is 3. The zero-order chi connectivity index (χ0) is 14.5. The molecule has 106 valence electrons. The summed E-state index contributed by atoms with van der Waals surface area (Å²) in [7, 11) is 0. The van der Waals surface area contributed by atoms with E-state index in [0.717, 1.165) is 28.8 Å². The molecule has 0 bridgehead atoms. The highest BCUT2D eigenvalue weighted by Crippen LogP contribution is 2.25. The standard InChI is InChI=1S/C17H21NO2/c1-12-3-8-17(20)16(9-12)13(2)18-10-14-4-6-15(11-19)7-5-14/h3-9,13,18-20H,10-11H2,1-2H3. The van der Waals surface area contributed by atoms with Crippen LogP contribution in [0.1, 0.15) is 35.2 Å². The first kappa shape index (κ1) is 14.6. The van der Waals surface area contributed by atoms with Gasteiger partial charge in [0.25, 0.3) is 0 Å². The first-order valence-electron chi connectivity index (χ1n) is 6.81. The van der Waals surface area contributed by atoms with Crippen molar-refractivity contribution in [2.45, 2.75) is 33.0 Å². The number of nitrogens with one attached hydrogen (secondary N) is 1. The van der Waals surface area contributed by atoms with Gasteiger partial charge in [-0.1, -0.05) is 42.0 Å². The fourth-order valence-corrected chi connectivity index (χ4v) is 2.16. The third-order valence-corrected chi connectivity index (χ3v) is 3.47. The molecule has 1 unspecified atom stereocenters. The summed E-state index contributed by atoms with van der Waals surface area (Å²) in [6, 6.07) is 13.6. The number of benzene rings is 2. The molecule has 3 nitrogen and oxygen atoms in total. The zero-order valence-electron chi connectivity index (χ0n) is 11.9. The van der Waals surface area contributed by atoms with E-state index >= 15 is 0 Å². The van der Waals surface area contributed by atoms with E-state index in [0.29, 0.717) is 5.75 Å². The average Bonchev–Trinajstić information content (AvgIpc) is 2.47. The lowest BCUT2D eigenvalue weighted by Gasteiger charge is -2.16. The second-order valence-electron chi connectivity index (χ2n) is 5.14. The Bertz CT molecular complexity index is 564. The second-order valence-corrected chi connectivity index (χ2v) is 5.14. The summed E-state index contributed by atoms with van der Waals surface area (Å²) < 4.78 is 0. The molecule has 3 N–H and O–H groups in total. The van der Waals surface area contributed by atoms with Crippen LogP contribution in [0.3, 0.4) is 0 Å². The summed E-state index contributed by atoms with van der Waals surface area (Å²) in [5, 5.41) is 22.3. The van der Waals surface area contributed by atoms with Gasteiger partial charge in [0.2, 0.25) is 0 Å². The number of phenolic OH excluding ortho intramolecular Hbond substituents is 1. The predicted molar refractivity (Wildman–Crippen MR) is 80.5 cm³/mol. The first-order chi connectivity index (χ1) is 9.60. The quantitative estimate of drug-likeness (QED) is 0.783. The molecule has 0 aliphatic rings. The lowest BCUT2D eigenvalue weighted by atomic mass is 10.0. The van der Waals surface area contributed by atoms with Gasteiger partial charge in [-0.3, -0.25) is 0 Å². The highest BCUT2D eigenvalue weighted by molar-refractivity contribution is 5.37. The summed E-state index contributed by atoms with van der Waals surface area (Å²) in [6.45, 7) is 4.85. The minimum Gasteiger partial charge on any atom is -0.508 e. The van der Waals surface area contributed by atoms with Crippen molar-refractivity contribution in [3.05, 3.63) is 64.7 Å². The summed E-state index contributed by atoms with van der Waals surface area (Å²) >= 11 is 0.